The molecule has 0 N–H and O–H groups in total. The molecule has 0 radical (unpaired) electrons. The Morgan fingerprint density at radius 3 is 2.00 bits per heavy atom. The predicted molar refractivity (Wildman–Crippen MR) is 74.1 cm³/mol. The molecule has 1 aromatic rings. The van der Waals surface area contributed by atoms with Crippen molar-refractivity contribution in [2.24, 2.45) is 5.92 Å². The van der Waals surface area contributed by atoms with Gasteiger partial charge in [-0.05, 0) is 25.0 Å². The molecule has 0 aromatic heterocycles. The summed E-state index contributed by atoms with van der Waals surface area (Å²) in [5.74, 6) is 0.131. The lowest BCUT2D eigenvalue weighted by atomic mass is 9.90. The van der Waals surface area contributed by atoms with E-state index in [0.717, 1.165) is 25.7 Å². The molecule has 1 aromatic carbocycles. The molecule has 0 saturated carbocycles. The molecule has 1 rings (SSSR count). The number of Topliss-reactive ketones (excluding diaryl/α,β-unsaturated/α-hetero) is 1. The number of carbonyl (C=O) groups is 1. The average molecular weight is 273 g/mol. The molecule has 0 aliphatic carbocycles. The minimum Gasteiger partial charge on any atom is -0.294 e. The van der Waals surface area contributed by atoms with Crippen molar-refractivity contribution in [2.45, 2.75) is 39.5 Å². The Morgan fingerprint density at radius 2 is 1.59 bits per heavy atom. The van der Waals surface area contributed by atoms with Crippen LogP contribution in [0.4, 0.5) is 0 Å². The first-order valence-electron chi connectivity index (χ1n) is 6.10. The lowest BCUT2D eigenvalue weighted by Crippen LogP contribution is -2.15. The summed E-state index contributed by atoms with van der Waals surface area (Å²) in [4.78, 5) is 12.4. The fourth-order valence-corrected chi connectivity index (χ4v) is 2.62. The third-order valence-electron chi connectivity index (χ3n) is 2.85. The smallest absolute Gasteiger partial charge is 0.168 e. The van der Waals surface area contributed by atoms with E-state index >= 15 is 0 Å². The van der Waals surface area contributed by atoms with E-state index in [-0.39, 0.29) is 11.7 Å². The zero-order valence-electron chi connectivity index (χ0n) is 10.3. The Balaban J connectivity index is 3.00. The highest BCUT2D eigenvalue weighted by molar-refractivity contribution is 6.39. The second kappa shape index (κ2) is 7.03. The van der Waals surface area contributed by atoms with Crippen molar-refractivity contribution in [2.75, 3.05) is 0 Å². The minimum atomic E-state index is 0.0439. The lowest BCUT2D eigenvalue weighted by Gasteiger charge is -2.15. The maximum Gasteiger partial charge on any atom is 0.168 e. The largest absolute Gasteiger partial charge is 0.294 e. The van der Waals surface area contributed by atoms with Crippen LogP contribution >= 0.6 is 23.2 Å². The second-order valence-electron chi connectivity index (χ2n) is 4.24. The summed E-state index contributed by atoms with van der Waals surface area (Å²) in [6.45, 7) is 4.17. The molecule has 0 aliphatic rings. The van der Waals surface area contributed by atoms with Crippen LogP contribution in [0.2, 0.25) is 10.0 Å². The summed E-state index contributed by atoms with van der Waals surface area (Å²) < 4.78 is 0. The zero-order chi connectivity index (χ0) is 12.8. The Hall–Kier alpha value is -0.530. The van der Waals surface area contributed by atoms with Crippen molar-refractivity contribution in [3.8, 4) is 0 Å². The second-order valence-corrected chi connectivity index (χ2v) is 5.05. The third kappa shape index (κ3) is 3.72. The number of benzene rings is 1. The monoisotopic (exact) mass is 272 g/mol. The third-order valence-corrected chi connectivity index (χ3v) is 3.48. The Morgan fingerprint density at radius 1 is 1.12 bits per heavy atom. The summed E-state index contributed by atoms with van der Waals surface area (Å²) in [5.41, 5.74) is 0.489. The molecular weight excluding hydrogens is 255 g/mol. The van der Waals surface area contributed by atoms with Crippen LogP contribution in [0.5, 0.6) is 0 Å². The van der Waals surface area contributed by atoms with Crippen molar-refractivity contribution in [1.29, 1.82) is 0 Å². The maximum atomic E-state index is 12.4. The van der Waals surface area contributed by atoms with Gasteiger partial charge in [-0.15, -0.1) is 0 Å². The van der Waals surface area contributed by atoms with Gasteiger partial charge in [0.1, 0.15) is 0 Å². The van der Waals surface area contributed by atoms with Crippen molar-refractivity contribution in [1.82, 2.24) is 0 Å². The van der Waals surface area contributed by atoms with Gasteiger partial charge in [0, 0.05) is 5.92 Å². The molecule has 94 valence electrons. The van der Waals surface area contributed by atoms with E-state index in [1.165, 1.54) is 0 Å². The Labute approximate surface area is 113 Å². The van der Waals surface area contributed by atoms with Crippen molar-refractivity contribution >= 4 is 29.0 Å². The van der Waals surface area contributed by atoms with Crippen LogP contribution in [0.25, 0.3) is 0 Å². The molecule has 0 saturated heterocycles. The average Bonchev–Trinajstić information content (AvgIpc) is 2.28. The molecule has 0 unspecified atom stereocenters. The first-order chi connectivity index (χ1) is 8.11. The molecule has 0 spiro atoms. The predicted octanol–water partition coefficient (Wildman–Crippen LogP) is 5.39. The minimum absolute atomic E-state index is 0.0439. The zero-order valence-corrected chi connectivity index (χ0v) is 11.8. The van der Waals surface area contributed by atoms with E-state index in [1.807, 2.05) is 0 Å². The molecule has 0 heterocycles. The van der Waals surface area contributed by atoms with Gasteiger partial charge >= 0.3 is 0 Å². The van der Waals surface area contributed by atoms with Gasteiger partial charge in [0.25, 0.3) is 0 Å². The summed E-state index contributed by atoms with van der Waals surface area (Å²) in [6.07, 6.45) is 3.79. The van der Waals surface area contributed by atoms with Gasteiger partial charge < -0.3 is 0 Å². The normalized spacial score (nSPS) is 10.9. The molecule has 3 heteroatoms. The molecule has 17 heavy (non-hydrogen) atoms. The van der Waals surface area contributed by atoms with Gasteiger partial charge in [-0.25, -0.2) is 0 Å². The molecular formula is C14H18Cl2O. The van der Waals surface area contributed by atoms with Crippen LogP contribution in [-0.2, 0) is 0 Å². The number of halogens is 2. The maximum absolute atomic E-state index is 12.4. The molecule has 0 atom stereocenters. The number of rotatable bonds is 6. The summed E-state index contributed by atoms with van der Waals surface area (Å²) in [7, 11) is 0. The first kappa shape index (κ1) is 14.5. The van der Waals surface area contributed by atoms with E-state index in [2.05, 4.69) is 13.8 Å². The van der Waals surface area contributed by atoms with Crippen molar-refractivity contribution < 1.29 is 4.79 Å². The number of carbonyl (C=O) groups excluding carboxylic acids is 1. The quantitative estimate of drug-likeness (QED) is 0.635. The molecule has 0 amide bonds. The topological polar surface area (TPSA) is 17.1 Å². The number of hydrogen-bond acceptors (Lipinski definition) is 1. The SMILES string of the molecule is CCCC(CCC)C(=O)c1c(Cl)cccc1Cl. The fraction of sp³-hybridized carbons (Fsp3) is 0.500. The van der Waals surface area contributed by atoms with Crippen LogP contribution in [0.15, 0.2) is 18.2 Å². The van der Waals surface area contributed by atoms with Crippen LogP contribution in [0.3, 0.4) is 0 Å². The standard InChI is InChI=1S/C14H18Cl2O/c1-3-6-10(7-4-2)14(17)13-11(15)8-5-9-12(13)16/h5,8-10H,3-4,6-7H2,1-2H3. The van der Waals surface area contributed by atoms with Crippen molar-refractivity contribution in [3.05, 3.63) is 33.8 Å². The molecule has 0 fully saturated rings. The summed E-state index contributed by atoms with van der Waals surface area (Å²) in [5, 5.41) is 0.916. The van der Waals surface area contributed by atoms with Gasteiger partial charge in [0.2, 0.25) is 0 Å². The van der Waals surface area contributed by atoms with Crippen LogP contribution in [0.1, 0.15) is 49.9 Å². The van der Waals surface area contributed by atoms with E-state index in [0.29, 0.717) is 15.6 Å². The van der Waals surface area contributed by atoms with Gasteiger partial charge in [0.05, 0.1) is 15.6 Å². The van der Waals surface area contributed by atoms with Gasteiger partial charge in [-0.2, -0.15) is 0 Å². The number of hydrogen-bond donors (Lipinski definition) is 0. The van der Waals surface area contributed by atoms with Gasteiger partial charge in [-0.1, -0.05) is 56.0 Å². The van der Waals surface area contributed by atoms with E-state index in [9.17, 15) is 4.79 Å². The van der Waals surface area contributed by atoms with Crippen molar-refractivity contribution in [3.63, 3.8) is 0 Å². The Bertz CT molecular complexity index is 362. The Kier molecular flexibility index (Phi) is 6.01. The lowest BCUT2D eigenvalue weighted by molar-refractivity contribution is 0.0905. The highest BCUT2D eigenvalue weighted by Gasteiger charge is 2.22. The molecule has 0 aliphatic heterocycles. The van der Waals surface area contributed by atoms with E-state index in [1.54, 1.807) is 18.2 Å². The highest BCUT2D eigenvalue weighted by Crippen LogP contribution is 2.29. The van der Waals surface area contributed by atoms with Gasteiger partial charge in [-0.3, -0.25) is 4.79 Å². The van der Waals surface area contributed by atoms with E-state index in [4.69, 9.17) is 23.2 Å². The summed E-state index contributed by atoms with van der Waals surface area (Å²) in [6, 6.07) is 5.20. The fourth-order valence-electron chi connectivity index (χ4n) is 2.04. The first-order valence-corrected chi connectivity index (χ1v) is 6.85. The van der Waals surface area contributed by atoms with Crippen LogP contribution in [-0.4, -0.2) is 5.78 Å². The molecule has 0 bridgehead atoms. The van der Waals surface area contributed by atoms with Crippen LogP contribution < -0.4 is 0 Å². The van der Waals surface area contributed by atoms with Crippen LogP contribution in [0, 0.1) is 5.92 Å². The molecule has 1 nitrogen and oxygen atoms in total. The number of ketones is 1. The summed E-state index contributed by atoms with van der Waals surface area (Å²) >= 11 is 12.1. The van der Waals surface area contributed by atoms with E-state index < -0.39 is 0 Å². The van der Waals surface area contributed by atoms with Gasteiger partial charge in [0.15, 0.2) is 5.78 Å². The highest BCUT2D eigenvalue weighted by atomic mass is 35.5.